The van der Waals surface area contributed by atoms with Crippen molar-refractivity contribution in [2.45, 2.75) is 39.3 Å². The number of aryl methyl sites for hydroxylation is 2. The molecule has 176 valence electrons. The number of methoxy groups -OCH3 is 1. The van der Waals surface area contributed by atoms with Crippen LogP contribution in [0.2, 0.25) is 0 Å². The highest BCUT2D eigenvalue weighted by atomic mass is 16.5. The quantitative estimate of drug-likeness (QED) is 0.548. The van der Waals surface area contributed by atoms with Crippen LogP contribution in [0.4, 0.5) is 0 Å². The van der Waals surface area contributed by atoms with Crippen molar-refractivity contribution >= 4 is 0 Å². The zero-order chi connectivity index (χ0) is 24.2. The van der Waals surface area contributed by atoms with Crippen molar-refractivity contribution in [3.8, 4) is 23.3 Å². The van der Waals surface area contributed by atoms with Crippen molar-refractivity contribution in [2.75, 3.05) is 13.7 Å². The Hall–Kier alpha value is -4.19. The number of rotatable bonds is 8. The Morgan fingerprint density at radius 1 is 1.26 bits per heavy atom. The summed E-state index contributed by atoms with van der Waals surface area (Å²) in [5.74, 6) is 0.756. The van der Waals surface area contributed by atoms with Gasteiger partial charge in [0.25, 0.3) is 5.56 Å². The molecule has 9 heteroatoms. The zero-order valence-electron chi connectivity index (χ0n) is 19.4. The summed E-state index contributed by atoms with van der Waals surface area (Å²) in [5, 5.41) is 9.90. The molecule has 0 bridgehead atoms. The van der Waals surface area contributed by atoms with Crippen molar-refractivity contribution in [3.63, 3.8) is 0 Å². The summed E-state index contributed by atoms with van der Waals surface area (Å²) in [5.41, 5.74) is 7.91. The normalized spacial score (nSPS) is 14.8. The number of ether oxygens (including phenoxy) is 3. The number of nitrogens with two attached hydrogens (primary N) is 1. The Bertz CT molecular complexity index is 1320. The Kier molecular flexibility index (Phi) is 6.59. The summed E-state index contributed by atoms with van der Waals surface area (Å²) in [6.45, 7) is 5.47. The lowest BCUT2D eigenvalue weighted by molar-refractivity contribution is 0.310. The summed E-state index contributed by atoms with van der Waals surface area (Å²) < 4.78 is 20.5. The van der Waals surface area contributed by atoms with E-state index in [4.69, 9.17) is 19.9 Å². The molecule has 9 nitrogen and oxygen atoms in total. The minimum Gasteiger partial charge on any atom is -0.493 e. The molecule has 4 rings (SSSR count). The molecule has 0 saturated carbocycles. The van der Waals surface area contributed by atoms with Crippen molar-refractivity contribution in [1.29, 1.82) is 5.26 Å². The lowest BCUT2D eigenvalue weighted by Gasteiger charge is -2.27. The number of imidazole rings is 1. The highest BCUT2D eigenvalue weighted by Crippen LogP contribution is 2.42. The second-order valence-electron chi connectivity index (χ2n) is 7.94. The number of aromatic nitrogens is 3. The first kappa shape index (κ1) is 23.0. The van der Waals surface area contributed by atoms with E-state index in [0.717, 1.165) is 18.7 Å². The van der Waals surface area contributed by atoms with E-state index < -0.39 is 5.92 Å². The van der Waals surface area contributed by atoms with E-state index in [0.29, 0.717) is 41.5 Å². The fraction of sp³-hybridized carbons (Fsp3) is 0.320. The van der Waals surface area contributed by atoms with Crippen LogP contribution in [-0.2, 0) is 13.1 Å². The molecule has 0 unspecified atom stereocenters. The van der Waals surface area contributed by atoms with E-state index in [1.807, 2.05) is 30.7 Å². The SMILES string of the molecule is CCOc1ccc([C@H]2C(C#N)=C(N)Oc3cc(C)n(CCCn4ccnc4)c(=O)c32)cc1OC. The molecule has 2 N–H and O–H groups in total. The second-order valence-corrected chi connectivity index (χ2v) is 7.94. The van der Waals surface area contributed by atoms with E-state index in [9.17, 15) is 10.1 Å². The Labute approximate surface area is 197 Å². The number of allylic oxidation sites excluding steroid dienone is 1. The van der Waals surface area contributed by atoms with Crippen LogP contribution >= 0.6 is 0 Å². The third kappa shape index (κ3) is 4.22. The smallest absolute Gasteiger partial charge is 0.258 e. The summed E-state index contributed by atoms with van der Waals surface area (Å²) in [4.78, 5) is 17.8. The molecule has 3 heterocycles. The molecule has 0 spiro atoms. The first-order chi connectivity index (χ1) is 16.5. The fourth-order valence-electron chi connectivity index (χ4n) is 4.27. The van der Waals surface area contributed by atoms with Crippen LogP contribution in [0.25, 0.3) is 0 Å². The third-order valence-electron chi connectivity index (χ3n) is 5.87. The molecule has 0 radical (unpaired) electrons. The maximum absolute atomic E-state index is 13.7. The van der Waals surface area contributed by atoms with Crippen molar-refractivity contribution in [3.05, 3.63) is 81.6 Å². The van der Waals surface area contributed by atoms with E-state index in [1.54, 1.807) is 42.4 Å². The van der Waals surface area contributed by atoms with Crippen molar-refractivity contribution in [1.82, 2.24) is 14.1 Å². The third-order valence-corrected chi connectivity index (χ3v) is 5.87. The monoisotopic (exact) mass is 461 g/mol. The Balaban J connectivity index is 1.79. The maximum atomic E-state index is 13.7. The molecule has 0 saturated heterocycles. The first-order valence-electron chi connectivity index (χ1n) is 11.1. The molecule has 3 aromatic rings. The molecular weight excluding hydrogens is 434 g/mol. The number of nitrogens with zero attached hydrogens (tertiary/aromatic N) is 4. The lowest BCUT2D eigenvalue weighted by atomic mass is 9.84. The van der Waals surface area contributed by atoms with E-state index in [1.165, 1.54) is 0 Å². The number of hydrogen-bond acceptors (Lipinski definition) is 7. The largest absolute Gasteiger partial charge is 0.493 e. The molecule has 0 amide bonds. The molecule has 1 aliphatic heterocycles. The van der Waals surface area contributed by atoms with Crippen LogP contribution in [0.1, 0.15) is 36.1 Å². The molecule has 1 aromatic carbocycles. The first-order valence-corrected chi connectivity index (χ1v) is 11.1. The molecule has 0 aliphatic carbocycles. The van der Waals surface area contributed by atoms with Gasteiger partial charge in [-0.2, -0.15) is 5.26 Å². The van der Waals surface area contributed by atoms with E-state index in [2.05, 4.69) is 11.1 Å². The van der Waals surface area contributed by atoms with Gasteiger partial charge in [-0.1, -0.05) is 6.07 Å². The van der Waals surface area contributed by atoms with Gasteiger partial charge in [0, 0.05) is 37.2 Å². The molecule has 1 aliphatic rings. The predicted molar refractivity (Wildman–Crippen MR) is 126 cm³/mol. The van der Waals surface area contributed by atoms with E-state index >= 15 is 0 Å². The minimum atomic E-state index is -0.689. The number of pyridine rings is 1. The van der Waals surface area contributed by atoms with Gasteiger partial charge in [0.15, 0.2) is 11.5 Å². The van der Waals surface area contributed by atoms with Gasteiger partial charge in [0.1, 0.15) is 17.4 Å². The fourth-order valence-corrected chi connectivity index (χ4v) is 4.27. The molecule has 2 aromatic heterocycles. The van der Waals surface area contributed by atoms with Gasteiger partial charge in [-0.15, -0.1) is 0 Å². The average molecular weight is 462 g/mol. The number of benzene rings is 1. The molecule has 0 fully saturated rings. The summed E-state index contributed by atoms with van der Waals surface area (Å²) in [7, 11) is 1.55. The van der Waals surface area contributed by atoms with Gasteiger partial charge < -0.3 is 29.1 Å². The van der Waals surface area contributed by atoms with Crippen molar-refractivity contribution in [2.24, 2.45) is 5.73 Å². The van der Waals surface area contributed by atoms with Gasteiger partial charge in [0.05, 0.1) is 31.5 Å². The van der Waals surface area contributed by atoms with Crippen LogP contribution in [0, 0.1) is 18.3 Å². The lowest BCUT2D eigenvalue weighted by Crippen LogP contribution is -2.33. The van der Waals surface area contributed by atoms with E-state index in [-0.39, 0.29) is 17.0 Å². The molecule has 1 atom stereocenters. The summed E-state index contributed by atoms with van der Waals surface area (Å²) >= 11 is 0. The maximum Gasteiger partial charge on any atom is 0.258 e. The highest BCUT2D eigenvalue weighted by molar-refractivity contribution is 5.57. The second kappa shape index (κ2) is 9.75. The van der Waals surface area contributed by atoms with Crippen LogP contribution in [0.5, 0.6) is 17.2 Å². The molecular formula is C25H27N5O4. The Morgan fingerprint density at radius 3 is 2.76 bits per heavy atom. The summed E-state index contributed by atoms with van der Waals surface area (Å²) in [6, 6.07) is 9.31. The van der Waals surface area contributed by atoms with Gasteiger partial charge >= 0.3 is 0 Å². The molecule has 34 heavy (non-hydrogen) atoms. The predicted octanol–water partition coefficient (Wildman–Crippen LogP) is 3.07. The van der Waals surface area contributed by atoms with Crippen molar-refractivity contribution < 1.29 is 14.2 Å². The van der Waals surface area contributed by atoms with Gasteiger partial charge in [-0.25, -0.2) is 4.98 Å². The van der Waals surface area contributed by atoms with Crippen LogP contribution in [-0.4, -0.2) is 27.8 Å². The zero-order valence-corrected chi connectivity index (χ0v) is 19.4. The standard InChI is InChI=1S/C25H27N5O4/c1-4-33-19-7-6-17(13-20(19)32-3)22-18(14-26)24(27)34-21-12-16(2)30(25(31)23(21)22)10-5-9-29-11-8-28-15-29/h6-8,11-13,15,22H,4-5,9-10,27H2,1-3H3/t22-/m0/s1. The average Bonchev–Trinajstić information content (AvgIpc) is 3.34. The van der Waals surface area contributed by atoms with Gasteiger partial charge in [-0.3, -0.25) is 4.79 Å². The minimum absolute atomic E-state index is 0.00971. The topological polar surface area (TPSA) is 117 Å². The highest BCUT2D eigenvalue weighted by Gasteiger charge is 2.34. The van der Waals surface area contributed by atoms with Crippen LogP contribution in [0.3, 0.4) is 0 Å². The van der Waals surface area contributed by atoms with Gasteiger partial charge in [0.2, 0.25) is 5.88 Å². The Morgan fingerprint density at radius 2 is 2.09 bits per heavy atom. The summed E-state index contributed by atoms with van der Waals surface area (Å²) in [6.07, 6.45) is 6.10. The number of nitriles is 1. The van der Waals surface area contributed by atoms with Gasteiger partial charge in [-0.05, 0) is 38.0 Å². The van der Waals surface area contributed by atoms with Crippen LogP contribution in [0.15, 0.2) is 59.2 Å². The van der Waals surface area contributed by atoms with Crippen LogP contribution < -0.4 is 25.5 Å². The number of fused-ring (bicyclic) bond motifs is 1. The number of hydrogen-bond donors (Lipinski definition) is 1.